The topological polar surface area (TPSA) is 25.2 Å². The second-order valence-electron chi connectivity index (χ2n) is 5.75. The molecule has 0 radical (unpaired) electrons. The van der Waals surface area contributed by atoms with Crippen LogP contribution in [0.5, 0.6) is 0 Å². The third kappa shape index (κ3) is 3.47. The molecule has 2 heterocycles. The lowest BCUT2D eigenvalue weighted by molar-refractivity contribution is 0.0990. The Kier molecular flexibility index (Phi) is 4.52. The molecule has 0 amide bonds. The van der Waals surface area contributed by atoms with Crippen LogP contribution in [0, 0.1) is 5.82 Å². The van der Waals surface area contributed by atoms with Crippen LogP contribution in [0.25, 0.3) is 5.69 Å². The molecule has 1 fully saturated rings. The molecular weight excluding hydrogens is 305 g/mol. The van der Waals surface area contributed by atoms with Crippen LogP contribution in [-0.2, 0) is 0 Å². The van der Waals surface area contributed by atoms with Crippen LogP contribution in [-0.4, -0.2) is 35.5 Å². The SMILES string of the molecule is O=c1ccccn1-c1ccc(C2CCN(CC(F)F)C2)c(F)c1. The van der Waals surface area contributed by atoms with Crippen LogP contribution in [0.3, 0.4) is 0 Å². The molecule has 23 heavy (non-hydrogen) atoms. The van der Waals surface area contributed by atoms with Gasteiger partial charge < -0.3 is 0 Å². The summed E-state index contributed by atoms with van der Waals surface area (Å²) in [7, 11) is 0. The van der Waals surface area contributed by atoms with Crippen molar-refractivity contribution in [3.8, 4) is 5.69 Å². The van der Waals surface area contributed by atoms with Crippen molar-refractivity contribution >= 4 is 0 Å². The minimum atomic E-state index is -2.37. The molecule has 122 valence electrons. The van der Waals surface area contributed by atoms with E-state index in [1.165, 1.54) is 16.7 Å². The smallest absolute Gasteiger partial charge is 0.255 e. The largest absolute Gasteiger partial charge is 0.297 e. The minimum Gasteiger partial charge on any atom is -0.297 e. The fourth-order valence-corrected chi connectivity index (χ4v) is 3.09. The van der Waals surface area contributed by atoms with E-state index in [2.05, 4.69) is 0 Å². The van der Waals surface area contributed by atoms with Gasteiger partial charge in [0.1, 0.15) is 5.82 Å². The molecule has 0 bridgehead atoms. The first-order valence-corrected chi connectivity index (χ1v) is 7.52. The van der Waals surface area contributed by atoms with Crippen LogP contribution in [0.1, 0.15) is 17.9 Å². The summed E-state index contributed by atoms with van der Waals surface area (Å²) in [6, 6.07) is 9.40. The summed E-state index contributed by atoms with van der Waals surface area (Å²) in [4.78, 5) is 13.4. The first kappa shape index (κ1) is 15.8. The highest BCUT2D eigenvalue weighted by molar-refractivity contribution is 5.38. The summed E-state index contributed by atoms with van der Waals surface area (Å²) in [6.07, 6.45) is -0.128. The van der Waals surface area contributed by atoms with Crippen molar-refractivity contribution in [3.63, 3.8) is 0 Å². The van der Waals surface area contributed by atoms with Crippen molar-refractivity contribution in [1.82, 2.24) is 9.47 Å². The van der Waals surface area contributed by atoms with Crippen LogP contribution in [0.2, 0.25) is 0 Å². The van der Waals surface area contributed by atoms with Gasteiger partial charge in [-0.2, -0.15) is 0 Å². The average molecular weight is 322 g/mol. The quantitative estimate of drug-likeness (QED) is 0.864. The van der Waals surface area contributed by atoms with E-state index in [-0.39, 0.29) is 18.0 Å². The zero-order valence-electron chi connectivity index (χ0n) is 12.5. The molecule has 0 N–H and O–H groups in total. The zero-order valence-corrected chi connectivity index (χ0v) is 12.5. The second kappa shape index (κ2) is 6.58. The van der Waals surface area contributed by atoms with Crippen molar-refractivity contribution < 1.29 is 13.2 Å². The van der Waals surface area contributed by atoms with E-state index in [4.69, 9.17) is 0 Å². The first-order chi connectivity index (χ1) is 11.0. The highest BCUT2D eigenvalue weighted by atomic mass is 19.3. The molecule has 1 atom stereocenters. The average Bonchev–Trinajstić information content (AvgIpc) is 2.95. The zero-order chi connectivity index (χ0) is 16.4. The molecule has 6 heteroatoms. The van der Waals surface area contributed by atoms with Gasteiger partial charge in [0.05, 0.1) is 12.2 Å². The second-order valence-corrected chi connectivity index (χ2v) is 5.75. The van der Waals surface area contributed by atoms with E-state index in [9.17, 15) is 18.0 Å². The Morgan fingerprint density at radius 3 is 2.74 bits per heavy atom. The fraction of sp³-hybridized carbons (Fsp3) is 0.353. The molecule has 0 aliphatic carbocycles. The van der Waals surface area contributed by atoms with Gasteiger partial charge in [-0.15, -0.1) is 0 Å². The maximum atomic E-state index is 14.4. The van der Waals surface area contributed by atoms with Crippen molar-refractivity contribution in [2.45, 2.75) is 18.8 Å². The molecule has 1 aromatic carbocycles. The summed E-state index contributed by atoms with van der Waals surface area (Å²) in [5.74, 6) is -0.488. The lowest BCUT2D eigenvalue weighted by atomic mass is 9.97. The van der Waals surface area contributed by atoms with Gasteiger partial charge in [0.2, 0.25) is 0 Å². The highest BCUT2D eigenvalue weighted by Gasteiger charge is 2.27. The van der Waals surface area contributed by atoms with Crippen molar-refractivity contribution in [2.75, 3.05) is 19.6 Å². The molecule has 1 aliphatic heterocycles. The monoisotopic (exact) mass is 322 g/mol. The van der Waals surface area contributed by atoms with E-state index in [1.807, 2.05) is 0 Å². The predicted octanol–water partition coefficient (Wildman–Crippen LogP) is 3.03. The van der Waals surface area contributed by atoms with E-state index < -0.39 is 12.2 Å². The first-order valence-electron chi connectivity index (χ1n) is 7.52. The molecular formula is C17H17F3N2O. The summed E-state index contributed by atoms with van der Waals surface area (Å²) in [6.45, 7) is 0.718. The van der Waals surface area contributed by atoms with Gasteiger partial charge in [-0.1, -0.05) is 12.1 Å². The molecule has 1 saturated heterocycles. The van der Waals surface area contributed by atoms with Crippen molar-refractivity contribution in [3.05, 3.63) is 64.3 Å². The Balaban J connectivity index is 1.81. The van der Waals surface area contributed by atoms with Crippen LogP contribution in [0.15, 0.2) is 47.4 Å². The van der Waals surface area contributed by atoms with Gasteiger partial charge in [0, 0.05) is 24.7 Å². The van der Waals surface area contributed by atoms with Crippen molar-refractivity contribution in [2.24, 2.45) is 0 Å². The number of benzene rings is 1. The Bertz CT molecular complexity index is 745. The third-order valence-corrected chi connectivity index (χ3v) is 4.19. The van der Waals surface area contributed by atoms with E-state index >= 15 is 0 Å². The number of hydrogen-bond acceptors (Lipinski definition) is 2. The standard InChI is InChI=1S/C17H17F3N2O/c18-15-9-13(22-7-2-1-3-17(22)23)4-5-14(15)12-6-8-21(10-12)11-16(19)20/h1-5,7,9,12,16H,6,8,10-11H2. The lowest BCUT2D eigenvalue weighted by Crippen LogP contribution is -2.26. The number of pyridine rings is 1. The predicted molar refractivity (Wildman–Crippen MR) is 81.8 cm³/mol. The third-order valence-electron chi connectivity index (χ3n) is 4.19. The summed E-state index contributed by atoms with van der Waals surface area (Å²) < 4.78 is 40.6. The number of nitrogens with zero attached hydrogens (tertiary/aromatic N) is 2. The van der Waals surface area contributed by atoms with Crippen LogP contribution < -0.4 is 5.56 Å². The van der Waals surface area contributed by atoms with Gasteiger partial charge in [-0.25, -0.2) is 13.2 Å². The Hall–Kier alpha value is -2.08. The molecule has 3 nitrogen and oxygen atoms in total. The van der Waals surface area contributed by atoms with Crippen molar-refractivity contribution in [1.29, 1.82) is 0 Å². The number of likely N-dealkylation sites (tertiary alicyclic amines) is 1. The lowest BCUT2D eigenvalue weighted by Gasteiger charge is -2.16. The highest BCUT2D eigenvalue weighted by Crippen LogP contribution is 2.30. The summed E-state index contributed by atoms with van der Waals surface area (Å²) in [5.41, 5.74) is 0.748. The van der Waals surface area contributed by atoms with E-state index in [0.29, 0.717) is 30.8 Å². The summed E-state index contributed by atoms with van der Waals surface area (Å²) in [5, 5.41) is 0. The molecule has 0 spiro atoms. The molecule has 1 aliphatic rings. The van der Waals surface area contributed by atoms with E-state index in [1.54, 1.807) is 35.4 Å². The maximum Gasteiger partial charge on any atom is 0.255 e. The number of aromatic nitrogens is 1. The van der Waals surface area contributed by atoms with Gasteiger partial charge in [0.25, 0.3) is 12.0 Å². The van der Waals surface area contributed by atoms with Gasteiger partial charge in [-0.05, 0) is 36.7 Å². The van der Waals surface area contributed by atoms with E-state index in [0.717, 1.165) is 0 Å². The Morgan fingerprint density at radius 1 is 1.22 bits per heavy atom. The van der Waals surface area contributed by atoms with Crippen LogP contribution in [0.4, 0.5) is 13.2 Å². The molecule has 3 rings (SSSR count). The van der Waals surface area contributed by atoms with Gasteiger partial charge in [0.15, 0.2) is 0 Å². The molecule has 2 aromatic rings. The number of hydrogen-bond donors (Lipinski definition) is 0. The number of halogens is 3. The molecule has 1 unspecified atom stereocenters. The maximum absolute atomic E-state index is 14.4. The molecule has 1 aromatic heterocycles. The molecule has 0 saturated carbocycles. The summed E-state index contributed by atoms with van der Waals surface area (Å²) >= 11 is 0. The fourth-order valence-electron chi connectivity index (χ4n) is 3.09. The normalized spacial score (nSPS) is 18.7. The number of rotatable bonds is 4. The Labute approximate surface area is 132 Å². The van der Waals surface area contributed by atoms with Gasteiger partial charge in [-0.3, -0.25) is 14.3 Å². The minimum absolute atomic E-state index is 0.0877. The number of alkyl halides is 2. The Morgan fingerprint density at radius 2 is 2.04 bits per heavy atom. The van der Waals surface area contributed by atoms with Gasteiger partial charge >= 0.3 is 0 Å². The van der Waals surface area contributed by atoms with Crippen LogP contribution >= 0.6 is 0 Å².